The van der Waals surface area contributed by atoms with Crippen molar-refractivity contribution in [3.8, 4) is 17.6 Å². The molecule has 0 aliphatic heterocycles. The molecular formula is C9H9NO2. The van der Waals surface area contributed by atoms with E-state index in [0.717, 1.165) is 0 Å². The molecular weight excluding hydrogens is 154 g/mol. The van der Waals surface area contributed by atoms with Crippen molar-refractivity contribution in [1.82, 2.24) is 0 Å². The Labute approximate surface area is 70.8 Å². The predicted molar refractivity (Wildman–Crippen MR) is 43.8 cm³/mol. The zero-order valence-electron chi connectivity index (χ0n) is 6.69. The van der Waals surface area contributed by atoms with Crippen LogP contribution in [0.1, 0.15) is 6.92 Å². The first kappa shape index (κ1) is 8.41. The molecule has 0 radical (unpaired) electrons. The Bertz CT molecular complexity index is 286. The quantitative estimate of drug-likeness (QED) is 0.721. The van der Waals surface area contributed by atoms with E-state index in [2.05, 4.69) is 0 Å². The van der Waals surface area contributed by atoms with Crippen LogP contribution in [0.3, 0.4) is 0 Å². The Balaban J connectivity index is 2.66. The molecule has 12 heavy (non-hydrogen) atoms. The Kier molecular flexibility index (Phi) is 2.54. The van der Waals surface area contributed by atoms with E-state index in [4.69, 9.17) is 15.1 Å². The van der Waals surface area contributed by atoms with Crippen LogP contribution in [0.2, 0.25) is 0 Å². The summed E-state index contributed by atoms with van der Waals surface area (Å²) in [4.78, 5) is 0. The van der Waals surface area contributed by atoms with Gasteiger partial charge in [-0.1, -0.05) is 0 Å². The number of ether oxygens (including phenoxy) is 1. The molecule has 62 valence electrons. The standard InChI is InChI=1S/C9H9NO2/c1-7(6-10)12-9-4-2-8(11)3-5-9/h2-5,7,11H,1H3/t7-/m0/s1. The second-order valence-electron chi connectivity index (χ2n) is 2.38. The third kappa shape index (κ3) is 2.17. The summed E-state index contributed by atoms with van der Waals surface area (Å²) < 4.78 is 5.15. The highest BCUT2D eigenvalue weighted by molar-refractivity contribution is 5.30. The minimum Gasteiger partial charge on any atom is -0.508 e. The third-order valence-corrected chi connectivity index (χ3v) is 1.33. The van der Waals surface area contributed by atoms with Crippen molar-refractivity contribution in [2.75, 3.05) is 0 Å². The number of nitriles is 1. The zero-order valence-corrected chi connectivity index (χ0v) is 6.69. The zero-order chi connectivity index (χ0) is 8.97. The van der Waals surface area contributed by atoms with Crippen molar-refractivity contribution in [2.45, 2.75) is 13.0 Å². The van der Waals surface area contributed by atoms with E-state index in [0.29, 0.717) is 5.75 Å². The molecule has 0 bridgehead atoms. The fourth-order valence-corrected chi connectivity index (χ4v) is 0.755. The van der Waals surface area contributed by atoms with Crippen molar-refractivity contribution in [2.24, 2.45) is 0 Å². The van der Waals surface area contributed by atoms with E-state index in [-0.39, 0.29) is 5.75 Å². The summed E-state index contributed by atoms with van der Waals surface area (Å²) in [6.45, 7) is 1.66. The summed E-state index contributed by atoms with van der Waals surface area (Å²) in [6.07, 6.45) is -0.463. The number of phenols is 1. The van der Waals surface area contributed by atoms with Gasteiger partial charge in [-0.15, -0.1) is 0 Å². The first-order valence-corrected chi connectivity index (χ1v) is 3.57. The molecule has 1 aromatic carbocycles. The van der Waals surface area contributed by atoms with E-state index in [1.165, 1.54) is 12.1 Å². The molecule has 3 nitrogen and oxygen atoms in total. The van der Waals surface area contributed by atoms with E-state index in [9.17, 15) is 0 Å². The van der Waals surface area contributed by atoms with Crippen molar-refractivity contribution in [3.05, 3.63) is 24.3 Å². The molecule has 1 N–H and O–H groups in total. The second kappa shape index (κ2) is 3.63. The molecule has 0 unspecified atom stereocenters. The highest BCUT2D eigenvalue weighted by atomic mass is 16.5. The number of rotatable bonds is 2. The Hall–Kier alpha value is -1.69. The smallest absolute Gasteiger partial charge is 0.181 e. The number of hydrogen-bond acceptors (Lipinski definition) is 3. The maximum atomic E-state index is 8.93. The molecule has 0 fully saturated rings. The molecule has 1 atom stereocenters. The number of aromatic hydroxyl groups is 1. The number of phenolic OH excluding ortho intramolecular Hbond substituents is 1. The average Bonchev–Trinajstić information content (AvgIpc) is 2.09. The fourth-order valence-electron chi connectivity index (χ4n) is 0.755. The van der Waals surface area contributed by atoms with Crippen molar-refractivity contribution < 1.29 is 9.84 Å². The molecule has 3 heteroatoms. The van der Waals surface area contributed by atoms with Gasteiger partial charge in [0.05, 0.1) is 0 Å². The van der Waals surface area contributed by atoms with Crippen LogP contribution in [0.25, 0.3) is 0 Å². The van der Waals surface area contributed by atoms with Crippen molar-refractivity contribution in [3.63, 3.8) is 0 Å². The minimum atomic E-state index is -0.463. The van der Waals surface area contributed by atoms with Gasteiger partial charge in [-0.05, 0) is 31.2 Å². The molecule has 0 aliphatic rings. The first-order valence-electron chi connectivity index (χ1n) is 3.57. The molecule has 0 spiro atoms. The summed E-state index contributed by atoms with van der Waals surface area (Å²) in [6, 6.07) is 8.20. The van der Waals surface area contributed by atoms with Gasteiger partial charge in [-0.3, -0.25) is 0 Å². The maximum Gasteiger partial charge on any atom is 0.181 e. The van der Waals surface area contributed by atoms with Gasteiger partial charge >= 0.3 is 0 Å². The SMILES string of the molecule is C[C@@H](C#N)Oc1ccc(O)cc1. The lowest BCUT2D eigenvalue weighted by atomic mass is 10.3. The highest BCUT2D eigenvalue weighted by Gasteiger charge is 2.00. The van der Waals surface area contributed by atoms with E-state index < -0.39 is 6.10 Å². The van der Waals surface area contributed by atoms with Crippen molar-refractivity contribution >= 4 is 0 Å². The molecule has 1 aromatic rings. The van der Waals surface area contributed by atoms with Crippen LogP contribution in [0.4, 0.5) is 0 Å². The summed E-state index contributed by atoms with van der Waals surface area (Å²) in [7, 11) is 0. The van der Waals surface area contributed by atoms with Crippen LogP contribution >= 0.6 is 0 Å². The Morgan fingerprint density at radius 2 is 2.00 bits per heavy atom. The van der Waals surface area contributed by atoms with Gasteiger partial charge in [0.15, 0.2) is 6.10 Å². The van der Waals surface area contributed by atoms with Crippen molar-refractivity contribution in [1.29, 1.82) is 5.26 Å². The largest absolute Gasteiger partial charge is 0.508 e. The molecule has 0 saturated carbocycles. The lowest BCUT2D eigenvalue weighted by Gasteiger charge is -2.06. The van der Waals surface area contributed by atoms with E-state index in [1.807, 2.05) is 6.07 Å². The topological polar surface area (TPSA) is 53.2 Å². The van der Waals surface area contributed by atoms with Crippen LogP contribution < -0.4 is 4.74 Å². The first-order chi connectivity index (χ1) is 5.72. The fraction of sp³-hybridized carbons (Fsp3) is 0.222. The van der Waals surface area contributed by atoms with Gasteiger partial charge in [-0.25, -0.2) is 0 Å². The monoisotopic (exact) mass is 163 g/mol. The molecule has 0 saturated heterocycles. The van der Waals surface area contributed by atoms with Gasteiger partial charge in [-0.2, -0.15) is 5.26 Å². The summed E-state index contributed by atoms with van der Waals surface area (Å²) in [5.74, 6) is 0.772. The third-order valence-electron chi connectivity index (χ3n) is 1.33. The lowest BCUT2D eigenvalue weighted by Crippen LogP contribution is -2.07. The minimum absolute atomic E-state index is 0.187. The Morgan fingerprint density at radius 3 is 2.50 bits per heavy atom. The lowest BCUT2D eigenvalue weighted by molar-refractivity contribution is 0.276. The predicted octanol–water partition coefficient (Wildman–Crippen LogP) is 1.68. The molecule has 1 rings (SSSR count). The van der Waals surface area contributed by atoms with Crippen LogP contribution in [0.5, 0.6) is 11.5 Å². The number of hydrogen-bond donors (Lipinski definition) is 1. The van der Waals surface area contributed by atoms with Gasteiger partial charge < -0.3 is 9.84 Å². The van der Waals surface area contributed by atoms with Crippen LogP contribution in [0.15, 0.2) is 24.3 Å². The van der Waals surface area contributed by atoms with E-state index in [1.54, 1.807) is 19.1 Å². The summed E-state index contributed by atoms with van der Waals surface area (Å²) in [5, 5.41) is 17.4. The molecule has 0 aromatic heterocycles. The number of benzene rings is 1. The van der Waals surface area contributed by atoms with Crippen LogP contribution in [-0.4, -0.2) is 11.2 Å². The summed E-state index contributed by atoms with van der Waals surface area (Å²) in [5.41, 5.74) is 0. The maximum absolute atomic E-state index is 8.93. The van der Waals surface area contributed by atoms with E-state index >= 15 is 0 Å². The Morgan fingerprint density at radius 1 is 1.42 bits per heavy atom. The normalized spacial score (nSPS) is 11.7. The molecule has 0 aliphatic carbocycles. The van der Waals surface area contributed by atoms with Gasteiger partial charge in [0.25, 0.3) is 0 Å². The van der Waals surface area contributed by atoms with Gasteiger partial charge in [0.2, 0.25) is 0 Å². The summed E-state index contributed by atoms with van der Waals surface area (Å²) >= 11 is 0. The number of nitrogens with zero attached hydrogens (tertiary/aromatic N) is 1. The van der Waals surface area contributed by atoms with Crippen LogP contribution in [-0.2, 0) is 0 Å². The second-order valence-corrected chi connectivity index (χ2v) is 2.38. The van der Waals surface area contributed by atoms with Crippen LogP contribution in [0, 0.1) is 11.3 Å². The average molecular weight is 163 g/mol. The van der Waals surface area contributed by atoms with Gasteiger partial charge in [0, 0.05) is 0 Å². The molecule has 0 heterocycles. The molecule has 0 amide bonds. The van der Waals surface area contributed by atoms with Gasteiger partial charge in [0.1, 0.15) is 17.6 Å². The highest BCUT2D eigenvalue weighted by Crippen LogP contribution is 2.16.